The molecule has 13 aromatic carbocycles. The molecule has 15 aromatic rings. The van der Waals surface area contributed by atoms with Crippen LogP contribution in [0.25, 0.3) is 126 Å². The van der Waals surface area contributed by atoms with E-state index >= 15 is 0 Å². The van der Waals surface area contributed by atoms with Gasteiger partial charge in [0.1, 0.15) is 0 Å². The van der Waals surface area contributed by atoms with E-state index in [1.807, 2.05) is 11.3 Å². The van der Waals surface area contributed by atoms with Gasteiger partial charge in [0.2, 0.25) is 0 Å². The molecular formula is C90H77BN2S. The van der Waals surface area contributed by atoms with Crippen LogP contribution in [-0.2, 0) is 21.7 Å². The van der Waals surface area contributed by atoms with Crippen molar-refractivity contribution in [1.29, 1.82) is 0 Å². The predicted octanol–water partition coefficient (Wildman–Crippen LogP) is 23.6. The van der Waals surface area contributed by atoms with Crippen molar-refractivity contribution in [2.24, 2.45) is 0 Å². The normalized spacial score (nSPS) is 13.3. The second kappa shape index (κ2) is 20.9. The van der Waals surface area contributed by atoms with E-state index in [4.69, 9.17) is 0 Å². The third-order valence-corrected chi connectivity index (χ3v) is 21.9. The fourth-order valence-corrected chi connectivity index (χ4v) is 17.4. The van der Waals surface area contributed by atoms with Crippen molar-refractivity contribution in [3.8, 4) is 61.3 Å². The number of hydrogen-bond donors (Lipinski definition) is 0. The molecule has 17 rings (SSSR count). The highest BCUT2D eigenvalue weighted by Gasteiger charge is 2.46. The average molecular weight is 1230 g/mol. The number of rotatable bonds is 6. The van der Waals surface area contributed by atoms with Crippen molar-refractivity contribution in [2.75, 3.05) is 4.90 Å². The molecule has 0 saturated carbocycles. The van der Waals surface area contributed by atoms with Crippen LogP contribution >= 0.6 is 11.3 Å². The average Bonchev–Trinajstić information content (AvgIpc) is 1.44. The molecule has 0 atom stereocenters. The number of nitrogens with zero attached hydrogens (tertiary/aromatic N) is 2. The van der Waals surface area contributed by atoms with Gasteiger partial charge in [-0.05, 0) is 192 Å². The summed E-state index contributed by atoms with van der Waals surface area (Å²) in [5, 5.41) is 11.6. The van der Waals surface area contributed by atoms with Gasteiger partial charge < -0.3 is 9.47 Å². The first-order chi connectivity index (χ1) is 45.2. The van der Waals surface area contributed by atoms with Gasteiger partial charge in [0.05, 0.1) is 16.7 Å². The van der Waals surface area contributed by atoms with Crippen LogP contribution in [0.4, 0.5) is 17.1 Å². The largest absolute Gasteiger partial charge is 0.310 e. The van der Waals surface area contributed by atoms with E-state index in [9.17, 15) is 0 Å². The number of benzene rings is 13. The van der Waals surface area contributed by atoms with Gasteiger partial charge in [-0.2, -0.15) is 0 Å². The summed E-state index contributed by atoms with van der Waals surface area (Å²) in [7, 11) is 0. The highest BCUT2D eigenvalue weighted by molar-refractivity contribution is 7.33. The fraction of sp³-hybridized carbons (Fsp3) is 0.178. The molecule has 2 nitrogen and oxygen atoms in total. The van der Waals surface area contributed by atoms with Crippen LogP contribution in [-0.4, -0.2) is 11.3 Å². The Morgan fingerprint density at radius 1 is 0.340 bits per heavy atom. The van der Waals surface area contributed by atoms with Gasteiger partial charge in [0.25, 0.3) is 6.71 Å². The zero-order valence-corrected chi connectivity index (χ0v) is 56.9. The minimum absolute atomic E-state index is 0.0188. The summed E-state index contributed by atoms with van der Waals surface area (Å²) in [5.41, 5.74) is 27.0. The maximum absolute atomic E-state index is 2.75. The molecular weight excluding hydrogens is 1150 g/mol. The quantitative estimate of drug-likeness (QED) is 0.119. The molecule has 2 aliphatic rings. The number of aromatic nitrogens is 1. The summed E-state index contributed by atoms with van der Waals surface area (Å²) in [6, 6.07) is 96.0. The van der Waals surface area contributed by atoms with Crippen LogP contribution < -0.4 is 20.6 Å². The van der Waals surface area contributed by atoms with Crippen molar-refractivity contribution in [2.45, 2.75) is 105 Å². The molecule has 456 valence electrons. The Labute approximate surface area is 557 Å². The van der Waals surface area contributed by atoms with Crippen LogP contribution in [0.1, 0.15) is 105 Å². The molecule has 0 amide bonds. The number of anilines is 3. The minimum atomic E-state index is -0.171. The zero-order chi connectivity index (χ0) is 64.5. The third-order valence-electron chi connectivity index (χ3n) is 20.7. The predicted molar refractivity (Wildman–Crippen MR) is 410 cm³/mol. The Balaban J connectivity index is 1.08. The van der Waals surface area contributed by atoms with Crippen LogP contribution in [0.2, 0.25) is 0 Å². The van der Waals surface area contributed by atoms with E-state index in [1.54, 1.807) is 0 Å². The van der Waals surface area contributed by atoms with Crippen molar-refractivity contribution in [3.05, 3.63) is 271 Å². The molecule has 2 aromatic heterocycles. The smallest absolute Gasteiger partial charge is 0.264 e. The first-order valence-electron chi connectivity index (χ1n) is 33.7. The molecule has 0 saturated heterocycles. The molecule has 94 heavy (non-hydrogen) atoms. The maximum Gasteiger partial charge on any atom is 0.264 e. The Kier molecular flexibility index (Phi) is 12.9. The summed E-state index contributed by atoms with van der Waals surface area (Å²) in [6.45, 7) is 28.4. The topological polar surface area (TPSA) is 8.17 Å². The SMILES string of the molecule is CC(C)(C)c1ccc(-c2cc(N3c4cc(-c5c(-c6ccccc6)cc(-c6ccccc6)cc5-c5ccccc5)cc5c4B(c4sc6ccc(C(C)(C)C)cc6c43)c3cc4c6ccccc6c6ccccc6c4c4c6ccccc6n-5c34)ccc2C(C)(C)C)c(C(C)(C)C)c1. The number of para-hydroxylation sites is 1. The van der Waals surface area contributed by atoms with Gasteiger partial charge in [-0.1, -0.05) is 277 Å². The van der Waals surface area contributed by atoms with E-state index in [2.05, 4.69) is 341 Å². The molecule has 4 heterocycles. The lowest BCUT2D eigenvalue weighted by Gasteiger charge is -2.40. The molecule has 0 N–H and O–H groups in total. The molecule has 0 bridgehead atoms. The highest BCUT2D eigenvalue weighted by Crippen LogP contribution is 2.54. The van der Waals surface area contributed by atoms with Gasteiger partial charge >= 0.3 is 0 Å². The number of hydrogen-bond acceptors (Lipinski definition) is 2. The maximum atomic E-state index is 2.75. The van der Waals surface area contributed by atoms with E-state index in [0.29, 0.717) is 0 Å². The van der Waals surface area contributed by atoms with Crippen molar-refractivity contribution < 1.29 is 0 Å². The molecule has 0 fully saturated rings. The lowest BCUT2D eigenvalue weighted by molar-refractivity contribution is 0.568. The van der Waals surface area contributed by atoms with Crippen molar-refractivity contribution in [1.82, 2.24) is 4.57 Å². The summed E-state index contributed by atoms with van der Waals surface area (Å²) in [5.74, 6) is 0. The van der Waals surface area contributed by atoms with Crippen molar-refractivity contribution in [3.63, 3.8) is 0 Å². The summed E-state index contributed by atoms with van der Waals surface area (Å²) in [4.78, 5) is 2.75. The van der Waals surface area contributed by atoms with Gasteiger partial charge in [0, 0.05) is 48.1 Å². The van der Waals surface area contributed by atoms with E-state index < -0.39 is 0 Å². The van der Waals surface area contributed by atoms with Crippen LogP contribution in [0.5, 0.6) is 0 Å². The minimum Gasteiger partial charge on any atom is -0.310 e. The van der Waals surface area contributed by atoms with Gasteiger partial charge in [-0.15, -0.1) is 11.3 Å². The van der Waals surface area contributed by atoms with E-state index in [0.717, 1.165) is 5.69 Å². The van der Waals surface area contributed by atoms with Crippen molar-refractivity contribution >= 4 is 115 Å². The summed E-state index contributed by atoms with van der Waals surface area (Å²) < 4.78 is 5.38. The standard InChI is InChI=1S/C90H77BN2S/c1-87(2,3)59-41-45-79-72(50-59)84-86(94-79)91-75-53-71-64-36-23-22-34-62(64)63-35-24-25-37-66(63)81(71)82-67-38-26-27-39-76(67)93(85(75)82)78-49-58(80-68(55-30-18-14-19-31-55)46-57(54-28-16-13-17-29-54)47-69(80)56-32-20-15-21-33-56)48-77(83(78)91)92(84)61-42-44-73(89(7,8)9)70(52-61)65-43-40-60(88(4,5)6)51-74(65)90(10,11)12/h13-53H,1-12H3. The summed E-state index contributed by atoms with van der Waals surface area (Å²) >= 11 is 2.00. The molecule has 0 spiro atoms. The van der Waals surface area contributed by atoms with Crippen LogP contribution in [0.15, 0.2) is 249 Å². The molecule has 0 unspecified atom stereocenters. The zero-order valence-electron chi connectivity index (χ0n) is 56.1. The van der Waals surface area contributed by atoms with Crippen LogP contribution in [0.3, 0.4) is 0 Å². The Bertz CT molecular complexity index is 5580. The first kappa shape index (κ1) is 58.1. The number of thiophene rings is 1. The third kappa shape index (κ3) is 8.96. The molecule has 0 radical (unpaired) electrons. The Hall–Kier alpha value is -9.74. The van der Waals surface area contributed by atoms with Gasteiger partial charge in [-0.3, -0.25) is 0 Å². The highest BCUT2D eigenvalue weighted by atomic mass is 32.1. The fourth-order valence-electron chi connectivity index (χ4n) is 16.1. The second-order valence-electron chi connectivity index (χ2n) is 30.8. The summed E-state index contributed by atoms with van der Waals surface area (Å²) in [6.07, 6.45) is 0. The van der Waals surface area contributed by atoms with Gasteiger partial charge in [0.15, 0.2) is 0 Å². The number of fused-ring (bicyclic) bond motifs is 16. The lowest BCUT2D eigenvalue weighted by atomic mass is 9.36. The molecule has 0 aliphatic carbocycles. The van der Waals surface area contributed by atoms with Gasteiger partial charge in [-0.25, -0.2) is 0 Å². The second-order valence-corrected chi connectivity index (χ2v) is 31.9. The lowest BCUT2D eigenvalue weighted by Crippen LogP contribution is -2.59. The Morgan fingerprint density at radius 3 is 1.49 bits per heavy atom. The molecule has 2 aliphatic heterocycles. The van der Waals surface area contributed by atoms with E-state index in [-0.39, 0.29) is 28.4 Å². The Morgan fingerprint density at radius 2 is 0.872 bits per heavy atom. The van der Waals surface area contributed by atoms with E-state index in [1.165, 1.54) is 175 Å². The molecule has 4 heteroatoms. The first-order valence-corrected chi connectivity index (χ1v) is 34.5. The monoisotopic (exact) mass is 1230 g/mol. The van der Waals surface area contributed by atoms with Crippen LogP contribution in [0, 0.1) is 0 Å².